The maximum Gasteiger partial charge on any atom is 0.294 e. The van der Waals surface area contributed by atoms with E-state index >= 15 is 0 Å². The number of rotatable bonds is 5. The maximum absolute atomic E-state index is 13.0. The smallest absolute Gasteiger partial charge is 0.294 e. The van der Waals surface area contributed by atoms with Gasteiger partial charge in [0, 0.05) is 30.2 Å². The van der Waals surface area contributed by atoms with E-state index in [1.54, 1.807) is 22.0 Å². The maximum atomic E-state index is 13.0. The molecule has 2 aromatic heterocycles. The summed E-state index contributed by atoms with van der Waals surface area (Å²) in [6, 6.07) is 11.1. The fourth-order valence-electron chi connectivity index (χ4n) is 3.47. The van der Waals surface area contributed by atoms with Crippen LogP contribution in [-0.2, 0) is 4.79 Å². The minimum atomic E-state index is -0.604. The second-order valence-electron chi connectivity index (χ2n) is 6.76. The fraction of sp³-hybridized carbons (Fsp3) is 0.286. The molecule has 0 bridgehead atoms. The number of benzene rings is 1. The summed E-state index contributed by atoms with van der Waals surface area (Å²) in [7, 11) is 0. The molecular weight excluding hydrogens is 386 g/mol. The molecule has 0 saturated carbocycles. The molecule has 0 spiro atoms. The lowest BCUT2D eigenvalue weighted by Crippen LogP contribution is -2.58. The van der Waals surface area contributed by atoms with Crippen LogP contribution in [0, 0.1) is 0 Å². The van der Waals surface area contributed by atoms with Gasteiger partial charge in [0.15, 0.2) is 0 Å². The molecule has 148 valence electrons. The van der Waals surface area contributed by atoms with Crippen LogP contribution in [0.15, 0.2) is 53.9 Å². The topological polar surface area (TPSA) is 85.9 Å². The van der Waals surface area contributed by atoms with Gasteiger partial charge in [-0.15, -0.1) is 0 Å². The molecule has 0 aliphatic carbocycles. The molecule has 29 heavy (non-hydrogen) atoms. The lowest BCUT2D eigenvalue weighted by atomic mass is 10.0. The number of carbonyl (C=O) groups is 1. The van der Waals surface area contributed by atoms with Crippen molar-refractivity contribution in [3.05, 3.63) is 54.4 Å². The Balaban J connectivity index is 1.95. The molecule has 1 atom stereocenters. The van der Waals surface area contributed by atoms with E-state index in [2.05, 4.69) is 22.0 Å². The number of pyridine rings is 1. The number of carbonyl (C=O) groups excluding carboxylic acids is 1. The molecule has 4 rings (SSSR count). The Morgan fingerprint density at radius 2 is 2.10 bits per heavy atom. The molecule has 0 radical (unpaired) electrons. The standard InChI is InChI=1S/C21H21N5O2S/c1-3-4-12-29-21-23-19(28)18-16-9-5-6-10-17(16)25(14(2)27)20(26(18)24-21)15-8-7-11-22-13-15/h5-11,13,20H,3-4,12H2,1-2H3. The molecule has 3 heterocycles. The quantitative estimate of drug-likeness (QED) is 0.367. The predicted octanol–water partition coefficient (Wildman–Crippen LogP) is 2.71. The number of anilines is 1. The van der Waals surface area contributed by atoms with E-state index in [0.717, 1.165) is 24.2 Å². The zero-order chi connectivity index (χ0) is 20.4. The molecule has 1 unspecified atom stereocenters. The summed E-state index contributed by atoms with van der Waals surface area (Å²) >= 11 is 1.46. The van der Waals surface area contributed by atoms with E-state index in [1.165, 1.54) is 18.7 Å². The van der Waals surface area contributed by atoms with Gasteiger partial charge in [0.25, 0.3) is 17.0 Å². The lowest BCUT2D eigenvalue weighted by molar-refractivity contribution is -0.764. The van der Waals surface area contributed by atoms with E-state index < -0.39 is 6.17 Å². The van der Waals surface area contributed by atoms with Crippen LogP contribution in [0.5, 0.6) is 5.88 Å². The summed E-state index contributed by atoms with van der Waals surface area (Å²) in [5.41, 5.74) is 2.47. The van der Waals surface area contributed by atoms with Crippen LogP contribution >= 0.6 is 11.8 Å². The Kier molecular flexibility index (Phi) is 5.44. The number of para-hydroxylation sites is 1. The van der Waals surface area contributed by atoms with Crippen molar-refractivity contribution in [2.75, 3.05) is 10.7 Å². The summed E-state index contributed by atoms with van der Waals surface area (Å²) < 4.78 is 1.63. The SMILES string of the molecule is CCCCSc1nc([O-])c2[n+](n1)C(c1cccnc1)N(C(C)=O)c1ccccc1-2. The lowest BCUT2D eigenvalue weighted by Gasteiger charge is -2.32. The van der Waals surface area contributed by atoms with Gasteiger partial charge in [-0.3, -0.25) is 9.78 Å². The monoisotopic (exact) mass is 407 g/mol. The Labute approximate surface area is 173 Å². The fourth-order valence-corrected chi connectivity index (χ4v) is 4.38. The number of thioether (sulfide) groups is 1. The number of amides is 1. The second-order valence-corrected chi connectivity index (χ2v) is 7.82. The van der Waals surface area contributed by atoms with Gasteiger partial charge in [0.1, 0.15) is 0 Å². The molecule has 1 aliphatic rings. The zero-order valence-electron chi connectivity index (χ0n) is 16.3. The van der Waals surface area contributed by atoms with Crippen molar-refractivity contribution in [1.29, 1.82) is 0 Å². The van der Waals surface area contributed by atoms with E-state index in [0.29, 0.717) is 22.1 Å². The Hall–Kier alpha value is -3.00. The first-order valence-electron chi connectivity index (χ1n) is 9.54. The third kappa shape index (κ3) is 3.55. The number of hydrogen-bond donors (Lipinski definition) is 0. The molecule has 8 heteroatoms. The highest BCUT2D eigenvalue weighted by Crippen LogP contribution is 2.40. The van der Waals surface area contributed by atoms with Gasteiger partial charge in [-0.2, -0.15) is 0 Å². The first kappa shape index (κ1) is 19.3. The number of hydrogen-bond acceptors (Lipinski definition) is 6. The van der Waals surface area contributed by atoms with Crippen molar-refractivity contribution in [2.45, 2.75) is 38.0 Å². The van der Waals surface area contributed by atoms with Gasteiger partial charge in [-0.25, -0.2) is 9.88 Å². The highest BCUT2D eigenvalue weighted by Gasteiger charge is 2.43. The van der Waals surface area contributed by atoms with Gasteiger partial charge >= 0.3 is 0 Å². The molecule has 7 nitrogen and oxygen atoms in total. The van der Waals surface area contributed by atoms with E-state index in [4.69, 9.17) is 0 Å². The summed E-state index contributed by atoms with van der Waals surface area (Å²) in [6.45, 7) is 3.63. The van der Waals surface area contributed by atoms with Gasteiger partial charge in [-0.05, 0) is 30.7 Å². The second kappa shape index (κ2) is 8.16. The van der Waals surface area contributed by atoms with Gasteiger partial charge < -0.3 is 5.11 Å². The Morgan fingerprint density at radius 1 is 1.28 bits per heavy atom. The van der Waals surface area contributed by atoms with Gasteiger partial charge in [0.2, 0.25) is 5.91 Å². The largest absolute Gasteiger partial charge is 0.854 e. The Morgan fingerprint density at radius 3 is 2.83 bits per heavy atom. The number of nitrogens with zero attached hydrogens (tertiary/aromatic N) is 5. The Bertz CT molecular complexity index is 1040. The average molecular weight is 407 g/mol. The van der Waals surface area contributed by atoms with Crippen LogP contribution < -0.4 is 14.7 Å². The highest BCUT2D eigenvalue weighted by atomic mass is 32.2. The van der Waals surface area contributed by atoms with Crippen LogP contribution in [0.25, 0.3) is 11.3 Å². The average Bonchev–Trinajstić information content (AvgIpc) is 2.73. The first-order chi connectivity index (χ1) is 14.1. The molecule has 1 aliphatic heterocycles. The van der Waals surface area contributed by atoms with E-state index in [-0.39, 0.29) is 11.8 Å². The zero-order valence-corrected chi connectivity index (χ0v) is 17.1. The number of fused-ring (bicyclic) bond motifs is 3. The van der Waals surface area contributed by atoms with E-state index in [9.17, 15) is 9.90 Å². The predicted molar refractivity (Wildman–Crippen MR) is 108 cm³/mol. The normalized spacial score (nSPS) is 15.0. The molecule has 0 N–H and O–H groups in total. The molecule has 0 fully saturated rings. The van der Waals surface area contributed by atoms with Crippen molar-refractivity contribution in [1.82, 2.24) is 15.1 Å². The minimum absolute atomic E-state index is 0.143. The van der Waals surface area contributed by atoms with Crippen LogP contribution in [0.2, 0.25) is 0 Å². The highest BCUT2D eigenvalue weighted by molar-refractivity contribution is 7.99. The molecule has 1 amide bonds. The first-order valence-corrected chi connectivity index (χ1v) is 10.5. The van der Waals surface area contributed by atoms with Crippen molar-refractivity contribution in [2.24, 2.45) is 0 Å². The van der Waals surface area contributed by atoms with Crippen LogP contribution in [0.1, 0.15) is 38.4 Å². The summed E-state index contributed by atoms with van der Waals surface area (Å²) in [5.74, 6) is 0.346. The molecule has 3 aromatic rings. The van der Waals surface area contributed by atoms with Crippen molar-refractivity contribution in [3.63, 3.8) is 0 Å². The third-order valence-electron chi connectivity index (χ3n) is 4.77. The van der Waals surface area contributed by atoms with Crippen LogP contribution in [0.3, 0.4) is 0 Å². The third-order valence-corrected chi connectivity index (χ3v) is 5.69. The van der Waals surface area contributed by atoms with Crippen molar-refractivity contribution in [3.8, 4) is 17.1 Å². The summed E-state index contributed by atoms with van der Waals surface area (Å²) in [4.78, 5) is 22.8. The van der Waals surface area contributed by atoms with Crippen molar-refractivity contribution >= 4 is 23.4 Å². The number of aromatic nitrogens is 4. The molecule has 1 aromatic carbocycles. The summed E-state index contributed by atoms with van der Waals surface area (Å²) in [6.07, 6.45) is 4.83. The minimum Gasteiger partial charge on any atom is -0.854 e. The van der Waals surface area contributed by atoms with Gasteiger partial charge in [-0.1, -0.05) is 41.9 Å². The van der Waals surface area contributed by atoms with Crippen LogP contribution in [0.4, 0.5) is 5.69 Å². The van der Waals surface area contributed by atoms with E-state index in [1.807, 2.05) is 36.4 Å². The van der Waals surface area contributed by atoms with Gasteiger partial charge in [0.05, 0.1) is 22.7 Å². The number of unbranched alkanes of at least 4 members (excludes halogenated alkanes) is 1. The summed E-state index contributed by atoms with van der Waals surface area (Å²) in [5, 5.41) is 18.1. The van der Waals surface area contributed by atoms with Crippen LogP contribution in [-0.4, -0.2) is 26.7 Å². The molecule has 0 saturated heterocycles. The van der Waals surface area contributed by atoms with Crippen molar-refractivity contribution < 1.29 is 14.6 Å². The molecular formula is C21H21N5O2S.